The molecule has 0 saturated heterocycles. The zero-order valence-electron chi connectivity index (χ0n) is 12.4. The van der Waals surface area contributed by atoms with E-state index in [-0.39, 0.29) is 11.9 Å². The minimum Gasteiger partial charge on any atom is -0.368 e. The second-order valence-corrected chi connectivity index (χ2v) is 6.58. The predicted octanol–water partition coefficient (Wildman–Crippen LogP) is 2.64. The number of hydrogen-bond donors (Lipinski definition) is 2. The molecular formula is C15H24N2OS. The maximum atomic E-state index is 11.6. The molecule has 4 heteroatoms. The van der Waals surface area contributed by atoms with Crippen LogP contribution < -0.4 is 11.1 Å². The van der Waals surface area contributed by atoms with Crippen molar-refractivity contribution < 1.29 is 4.79 Å². The number of rotatable bonds is 6. The number of aryl methyl sites for hydroxylation is 2. The topological polar surface area (TPSA) is 55.1 Å². The normalized spacial score (nSPS) is 14.4. The summed E-state index contributed by atoms with van der Waals surface area (Å²) in [4.78, 5) is 12.8. The summed E-state index contributed by atoms with van der Waals surface area (Å²) in [5.74, 6) is 0.320. The first-order valence-corrected chi connectivity index (χ1v) is 7.51. The second kappa shape index (κ2) is 6.44. The fourth-order valence-corrected chi connectivity index (χ4v) is 2.96. The average molecular weight is 280 g/mol. The van der Waals surface area contributed by atoms with Gasteiger partial charge in [-0.1, -0.05) is 6.07 Å². The Hall–Kier alpha value is -1.00. The van der Waals surface area contributed by atoms with Gasteiger partial charge in [0.1, 0.15) is 5.54 Å². The molecule has 0 heterocycles. The summed E-state index contributed by atoms with van der Waals surface area (Å²) >= 11 is 1.66. The lowest BCUT2D eigenvalue weighted by Crippen LogP contribution is -2.57. The Labute approximate surface area is 120 Å². The minimum atomic E-state index is -0.683. The van der Waals surface area contributed by atoms with Gasteiger partial charge in [-0.3, -0.25) is 4.79 Å². The van der Waals surface area contributed by atoms with E-state index in [2.05, 4.69) is 37.4 Å². The molecule has 0 aliphatic carbocycles. The van der Waals surface area contributed by atoms with E-state index in [1.165, 1.54) is 16.0 Å². The molecular weight excluding hydrogens is 256 g/mol. The number of carbonyl (C=O) groups is 1. The van der Waals surface area contributed by atoms with Crippen LogP contribution in [-0.2, 0) is 4.79 Å². The van der Waals surface area contributed by atoms with Gasteiger partial charge in [0.2, 0.25) is 5.91 Å². The molecule has 19 heavy (non-hydrogen) atoms. The van der Waals surface area contributed by atoms with Crippen LogP contribution in [0.5, 0.6) is 0 Å². The lowest BCUT2D eigenvalue weighted by molar-refractivity contribution is -0.123. The zero-order valence-corrected chi connectivity index (χ0v) is 13.2. The van der Waals surface area contributed by atoms with Crippen LogP contribution in [0.25, 0.3) is 0 Å². The Morgan fingerprint density at radius 1 is 1.37 bits per heavy atom. The zero-order chi connectivity index (χ0) is 14.6. The van der Waals surface area contributed by atoms with Crippen LogP contribution in [0.2, 0.25) is 0 Å². The van der Waals surface area contributed by atoms with Gasteiger partial charge in [0, 0.05) is 16.7 Å². The van der Waals surface area contributed by atoms with Crippen molar-refractivity contribution in [2.75, 3.05) is 5.75 Å². The van der Waals surface area contributed by atoms with Gasteiger partial charge in [0.25, 0.3) is 0 Å². The number of primary amides is 1. The SMILES string of the molecule is Cc1ccc(SCC(C)(NC(C)C)C(N)=O)cc1C. The summed E-state index contributed by atoms with van der Waals surface area (Å²) in [6, 6.07) is 6.56. The molecule has 0 saturated carbocycles. The lowest BCUT2D eigenvalue weighted by Gasteiger charge is -2.29. The second-order valence-electron chi connectivity index (χ2n) is 5.53. The largest absolute Gasteiger partial charge is 0.368 e. The summed E-state index contributed by atoms with van der Waals surface area (Å²) in [5.41, 5.74) is 7.39. The van der Waals surface area contributed by atoms with E-state index >= 15 is 0 Å². The quantitative estimate of drug-likeness (QED) is 0.788. The highest BCUT2D eigenvalue weighted by Crippen LogP contribution is 2.25. The molecule has 0 aliphatic heterocycles. The van der Waals surface area contributed by atoms with E-state index in [9.17, 15) is 4.79 Å². The Morgan fingerprint density at radius 2 is 2.00 bits per heavy atom. The first kappa shape index (κ1) is 16.1. The number of benzene rings is 1. The Morgan fingerprint density at radius 3 is 2.47 bits per heavy atom. The first-order valence-electron chi connectivity index (χ1n) is 6.52. The van der Waals surface area contributed by atoms with Crippen molar-refractivity contribution >= 4 is 17.7 Å². The first-order chi connectivity index (χ1) is 8.74. The van der Waals surface area contributed by atoms with Gasteiger partial charge in [-0.2, -0.15) is 0 Å². The van der Waals surface area contributed by atoms with E-state index in [0.29, 0.717) is 5.75 Å². The van der Waals surface area contributed by atoms with Gasteiger partial charge in [-0.05, 0) is 57.9 Å². The molecule has 1 rings (SSSR count). The summed E-state index contributed by atoms with van der Waals surface area (Å²) in [6.45, 7) is 10.1. The van der Waals surface area contributed by atoms with Gasteiger partial charge in [-0.25, -0.2) is 0 Å². The number of amides is 1. The molecule has 106 valence electrons. The standard InChI is InChI=1S/C15H24N2OS/c1-10(2)17-15(5,14(16)18)9-19-13-7-6-11(3)12(4)8-13/h6-8,10,17H,9H2,1-5H3,(H2,16,18). The van der Waals surface area contributed by atoms with Crippen LogP contribution in [0.1, 0.15) is 31.9 Å². The Bertz CT molecular complexity index is 459. The Kier molecular flexibility index (Phi) is 5.44. The highest BCUT2D eigenvalue weighted by molar-refractivity contribution is 7.99. The minimum absolute atomic E-state index is 0.220. The maximum Gasteiger partial charge on any atom is 0.238 e. The molecule has 1 aromatic rings. The lowest BCUT2D eigenvalue weighted by atomic mass is 10.0. The molecule has 0 aromatic heterocycles. The van der Waals surface area contributed by atoms with Crippen molar-refractivity contribution in [3.05, 3.63) is 29.3 Å². The van der Waals surface area contributed by atoms with E-state index in [1.54, 1.807) is 11.8 Å². The number of thioether (sulfide) groups is 1. The van der Waals surface area contributed by atoms with Gasteiger partial charge >= 0.3 is 0 Å². The van der Waals surface area contributed by atoms with Crippen LogP contribution in [0.3, 0.4) is 0 Å². The van der Waals surface area contributed by atoms with Gasteiger partial charge in [0.15, 0.2) is 0 Å². The van der Waals surface area contributed by atoms with Crippen molar-refractivity contribution in [3.63, 3.8) is 0 Å². The summed E-state index contributed by atoms with van der Waals surface area (Å²) in [5, 5.41) is 3.26. The maximum absolute atomic E-state index is 11.6. The molecule has 3 nitrogen and oxygen atoms in total. The number of nitrogens with two attached hydrogens (primary N) is 1. The molecule has 0 spiro atoms. The van der Waals surface area contributed by atoms with Crippen LogP contribution >= 0.6 is 11.8 Å². The summed E-state index contributed by atoms with van der Waals surface area (Å²) in [6.07, 6.45) is 0. The highest BCUT2D eigenvalue weighted by Gasteiger charge is 2.31. The summed E-state index contributed by atoms with van der Waals surface area (Å²) in [7, 11) is 0. The third-order valence-electron chi connectivity index (χ3n) is 3.16. The van der Waals surface area contributed by atoms with Crippen LogP contribution in [0.15, 0.2) is 23.1 Å². The fraction of sp³-hybridized carbons (Fsp3) is 0.533. The summed E-state index contributed by atoms with van der Waals surface area (Å²) < 4.78 is 0. The van der Waals surface area contributed by atoms with Crippen molar-refractivity contribution in [1.29, 1.82) is 0 Å². The molecule has 1 aromatic carbocycles. The van der Waals surface area contributed by atoms with E-state index < -0.39 is 5.54 Å². The van der Waals surface area contributed by atoms with Crippen LogP contribution in [0, 0.1) is 13.8 Å². The Balaban J connectivity index is 2.76. The highest BCUT2D eigenvalue weighted by atomic mass is 32.2. The van der Waals surface area contributed by atoms with Gasteiger partial charge in [0.05, 0.1) is 0 Å². The molecule has 1 atom stereocenters. The molecule has 1 unspecified atom stereocenters. The smallest absolute Gasteiger partial charge is 0.238 e. The fourth-order valence-electron chi connectivity index (χ4n) is 1.85. The monoisotopic (exact) mass is 280 g/mol. The third-order valence-corrected chi connectivity index (χ3v) is 4.47. The van der Waals surface area contributed by atoms with Crippen molar-refractivity contribution in [3.8, 4) is 0 Å². The predicted molar refractivity (Wildman–Crippen MR) is 82.5 cm³/mol. The van der Waals surface area contributed by atoms with Crippen molar-refractivity contribution in [1.82, 2.24) is 5.32 Å². The van der Waals surface area contributed by atoms with Crippen molar-refractivity contribution in [2.24, 2.45) is 5.73 Å². The average Bonchev–Trinajstić information content (AvgIpc) is 2.29. The molecule has 0 fully saturated rings. The van der Waals surface area contributed by atoms with E-state index in [1.807, 2.05) is 20.8 Å². The van der Waals surface area contributed by atoms with Crippen LogP contribution in [0.4, 0.5) is 0 Å². The van der Waals surface area contributed by atoms with Crippen LogP contribution in [-0.4, -0.2) is 23.2 Å². The van der Waals surface area contributed by atoms with E-state index in [4.69, 9.17) is 5.73 Å². The molecule has 0 radical (unpaired) electrons. The number of nitrogens with one attached hydrogen (secondary N) is 1. The van der Waals surface area contributed by atoms with E-state index in [0.717, 1.165) is 0 Å². The van der Waals surface area contributed by atoms with Gasteiger partial charge in [-0.15, -0.1) is 11.8 Å². The number of hydrogen-bond acceptors (Lipinski definition) is 3. The third kappa shape index (κ3) is 4.55. The van der Waals surface area contributed by atoms with Gasteiger partial charge < -0.3 is 11.1 Å². The molecule has 0 bridgehead atoms. The molecule has 0 aliphatic rings. The number of carbonyl (C=O) groups excluding carboxylic acids is 1. The van der Waals surface area contributed by atoms with Crippen molar-refractivity contribution in [2.45, 2.75) is 51.1 Å². The molecule has 1 amide bonds. The molecule has 3 N–H and O–H groups in total.